The quantitative estimate of drug-likeness (QED) is 0.879. The van der Waals surface area contributed by atoms with Crippen LogP contribution in [0.5, 0.6) is 0 Å². The maximum absolute atomic E-state index is 12.3. The molecule has 0 radical (unpaired) electrons. The van der Waals surface area contributed by atoms with Crippen LogP contribution in [-0.2, 0) is 14.8 Å². The minimum atomic E-state index is -3.42. The lowest BCUT2D eigenvalue weighted by molar-refractivity contribution is -0.116. The number of carbonyl (C=O) groups is 1. The van der Waals surface area contributed by atoms with E-state index in [9.17, 15) is 13.2 Å². The number of aryl methyl sites for hydroxylation is 2. The minimum absolute atomic E-state index is 0.0784. The number of hydrogen-bond acceptors (Lipinski definition) is 3. The van der Waals surface area contributed by atoms with E-state index >= 15 is 0 Å². The second kappa shape index (κ2) is 7.20. The van der Waals surface area contributed by atoms with Crippen LogP contribution in [0.3, 0.4) is 0 Å². The predicted octanol–water partition coefficient (Wildman–Crippen LogP) is 3.10. The number of halogens is 1. The number of amides is 1. The Kier molecular flexibility index (Phi) is 5.70. The summed E-state index contributed by atoms with van der Waals surface area (Å²) in [6.07, 6.45) is 4.78. The van der Waals surface area contributed by atoms with Crippen LogP contribution in [-0.4, -0.2) is 37.5 Å². The lowest BCUT2D eigenvalue weighted by Gasteiger charge is -2.26. The number of carbonyl (C=O) groups excluding carboxylic acids is 1. The first kappa shape index (κ1) is 18.2. The van der Waals surface area contributed by atoms with Gasteiger partial charge >= 0.3 is 0 Å². The Balaban J connectivity index is 2.14. The van der Waals surface area contributed by atoms with E-state index in [1.54, 1.807) is 6.07 Å². The fraction of sp³-hybridized carbons (Fsp3) is 0.562. The van der Waals surface area contributed by atoms with Gasteiger partial charge in [0.05, 0.1) is 23.5 Å². The number of anilines is 1. The van der Waals surface area contributed by atoms with Crippen molar-refractivity contribution in [2.45, 2.75) is 45.6 Å². The Morgan fingerprint density at radius 3 is 2.43 bits per heavy atom. The van der Waals surface area contributed by atoms with Gasteiger partial charge < -0.3 is 5.32 Å². The average molecular weight is 359 g/mol. The van der Waals surface area contributed by atoms with Crippen molar-refractivity contribution < 1.29 is 13.2 Å². The molecule has 23 heavy (non-hydrogen) atoms. The van der Waals surface area contributed by atoms with E-state index in [0.717, 1.165) is 43.1 Å². The predicted molar refractivity (Wildman–Crippen MR) is 93.4 cm³/mol. The summed E-state index contributed by atoms with van der Waals surface area (Å²) in [5, 5.41) is 3.22. The van der Waals surface area contributed by atoms with E-state index in [0.29, 0.717) is 10.7 Å². The molecule has 1 aliphatic carbocycles. The highest BCUT2D eigenvalue weighted by Crippen LogP contribution is 2.28. The highest BCUT2D eigenvalue weighted by Gasteiger charge is 2.31. The summed E-state index contributed by atoms with van der Waals surface area (Å²) in [6.45, 7) is 3.61. The molecule has 0 aliphatic heterocycles. The van der Waals surface area contributed by atoms with Crippen LogP contribution in [0, 0.1) is 13.8 Å². The van der Waals surface area contributed by atoms with Gasteiger partial charge in [0.1, 0.15) is 0 Å². The summed E-state index contributed by atoms with van der Waals surface area (Å²) < 4.78 is 25.3. The molecule has 0 aromatic heterocycles. The normalized spacial score (nSPS) is 16.0. The van der Waals surface area contributed by atoms with Gasteiger partial charge in [-0.1, -0.05) is 30.5 Å². The van der Waals surface area contributed by atoms with Crippen LogP contribution >= 0.6 is 11.6 Å². The van der Waals surface area contributed by atoms with Crippen LogP contribution in [0.4, 0.5) is 5.69 Å². The standard InChI is InChI=1S/C16H23ClN2O3S/c1-11-8-12(2)16(14(17)9-11)18-15(20)10-19(23(3,21)22)13-6-4-5-7-13/h8-9,13H,4-7,10H2,1-3H3,(H,18,20). The second-order valence-electron chi connectivity index (χ2n) is 6.23. The third-order valence-electron chi connectivity index (χ3n) is 4.15. The molecule has 1 aromatic carbocycles. The van der Waals surface area contributed by atoms with Crippen LogP contribution < -0.4 is 5.32 Å². The molecule has 0 atom stereocenters. The fourth-order valence-electron chi connectivity index (χ4n) is 3.10. The van der Waals surface area contributed by atoms with Crippen molar-refractivity contribution in [3.8, 4) is 0 Å². The van der Waals surface area contributed by atoms with Gasteiger partial charge in [-0.05, 0) is 43.9 Å². The maximum atomic E-state index is 12.3. The van der Waals surface area contributed by atoms with Crippen LogP contribution in [0.1, 0.15) is 36.8 Å². The molecule has 0 unspecified atom stereocenters. The van der Waals surface area contributed by atoms with Gasteiger partial charge in [-0.15, -0.1) is 0 Å². The first-order valence-electron chi connectivity index (χ1n) is 7.72. The van der Waals surface area contributed by atoms with Crippen molar-refractivity contribution in [3.05, 3.63) is 28.3 Å². The third-order valence-corrected chi connectivity index (χ3v) is 5.73. The summed E-state index contributed by atoms with van der Waals surface area (Å²) in [7, 11) is -3.42. The summed E-state index contributed by atoms with van der Waals surface area (Å²) in [4.78, 5) is 12.3. The zero-order chi connectivity index (χ0) is 17.2. The maximum Gasteiger partial charge on any atom is 0.239 e. The summed E-state index contributed by atoms with van der Waals surface area (Å²) in [5.41, 5.74) is 2.41. The van der Waals surface area contributed by atoms with Gasteiger partial charge in [-0.25, -0.2) is 8.42 Å². The number of hydrogen-bond donors (Lipinski definition) is 1. The van der Waals surface area contributed by atoms with E-state index in [4.69, 9.17) is 11.6 Å². The van der Waals surface area contributed by atoms with Crippen molar-refractivity contribution in [1.29, 1.82) is 0 Å². The molecule has 128 valence electrons. The zero-order valence-electron chi connectivity index (χ0n) is 13.7. The number of nitrogens with zero attached hydrogens (tertiary/aromatic N) is 1. The monoisotopic (exact) mass is 358 g/mol. The van der Waals surface area contributed by atoms with Gasteiger partial charge in [-0.2, -0.15) is 4.31 Å². The van der Waals surface area contributed by atoms with Gasteiger partial charge in [0.15, 0.2) is 0 Å². The Labute approximate surface area is 143 Å². The van der Waals surface area contributed by atoms with E-state index < -0.39 is 10.0 Å². The minimum Gasteiger partial charge on any atom is -0.323 e. The second-order valence-corrected chi connectivity index (χ2v) is 8.58. The first-order valence-corrected chi connectivity index (χ1v) is 9.94. The molecule has 1 fully saturated rings. The van der Waals surface area contributed by atoms with Crippen molar-refractivity contribution in [1.82, 2.24) is 4.31 Å². The Morgan fingerprint density at radius 2 is 1.91 bits per heavy atom. The Hall–Kier alpha value is -1.11. The molecule has 0 spiro atoms. The van der Waals surface area contributed by atoms with Crippen molar-refractivity contribution in [2.24, 2.45) is 0 Å². The SMILES string of the molecule is Cc1cc(C)c(NC(=O)CN(C2CCCC2)S(C)(=O)=O)c(Cl)c1. The smallest absolute Gasteiger partial charge is 0.239 e. The molecule has 0 heterocycles. The van der Waals surface area contributed by atoms with Gasteiger partial charge in [-0.3, -0.25) is 4.79 Å². The molecule has 1 N–H and O–H groups in total. The van der Waals surface area contributed by atoms with Crippen LogP contribution in [0.2, 0.25) is 5.02 Å². The Morgan fingerprint density at radius 1 is 1.30 bits per heavy atom. The topological polar surface area (TPSA) is 66.5 Å². The molecular weight excluding hydrogens is 336 g/mol. The third kappa shape index (κ3) is 4.68. The molecule has 0 bridgehead atoms. The molecule has 7 heteroatoms. The van der Waals surface area contributed by atoms with Crippen molar-refractivity contribution in [2.75, 3.05) is 18.1 Å². The lowest BCUT2D eigenvalue weighted by Crippen LogP contribution is -2.43. The van der Waals surface area contributed by atoms with Gasteiger partial charge in [0, 0.05) is 6.04 Å². The molecule has 5 nitrogen and oxygen atoms in total. The molecular formula is C16H23ClN2O3S. The summed E-state index contributed by atoms with van der Waals surface area (Å²) in [6, 6.07) is 3.62. The number of benzene rings is 1. The molecule has 1 saturated carbocycles. The Bertz CT molecular complexity index is 674. The van der Waals surface area contributed by atoms with Crippen LogP contribution in [0.15, 0.2) is 12.1 Å². The number of rotatable bonds is 5. The number of sulfonamides is 1. The molecule has 1 amide bonds. The highest BCUT2D eigenvalue weighted by molar-refractivity contribution is 7.88. The van der Waals surface area contributed by atoms with Crippen LogP contribution in [0.25, 0.3) is 0 Å². The lowest BCUT2D eigenvalue weighted by atomic mass is 10.1. The average Bonchev–Trinajstić information content (AvgIpc) is 2.92. The fourth-order valence-corrected chi connectivity index (χ4v) is 4.58. The molecule has 2 rings (SSSR count). The molecule has 1 aliphatic rings. The van der Waals surface area contributed by atoms with E-state index in [1.165, 1.54) is 4.31 Å². The van der Waals surface area contributed by atoms with Gasteiger partial charge in [0.25, 0.3) is 0 Å². The molecule has 0 saturated heterocycles. The van der Waals surface area contributed by atoms with E-state index in [1.807, 2.05) is 19.9 Å². The highest BCUT2D eigenvalue weighted by atomic mass is 35.5. The van der Waals surface area contributed by atoms with E-state index in [2.05, 4.69) is 5.32 Å². The number of nitrogens with one attached hydrogen (secondary N) is 1. The summed E-state index contributed by atoms with van der Waals surface area (Å²) in [5.74, 6) is -0.365. The summed E-state index contributed by atoms with van der Waals surface area (Å²) >= 11 is 6.19. The zero-order valence-corrected chi connectivity index (χ0v) is 15.3. The van der Waals surface area contributed by atoms with Crippen molar-refractivity contribution in [3.63, 3.8) is 0 Å². The van der Waals surface area contributed by atoms with E-state index in [-0.39, 0.29) is 18.5 Å². The molecule has 1 aromatic rings. The van der Waals surface area contributed by atoms with Crippen molar-refractivity contribution >= 4 is 33.2 Å². The van der Waals surface area contributed by atoms with Gasteiger partial charge in [0.2, 0.25) is 15.9 Å². The largest absolute Gasteiger partial charge is 0.323 e. The first-order chi connectivity index (χ1) is 10.7.